The number of fused-ring (bicyclic) bond motifs is 1. The molecular formula is C21H21N3O2. The van der Waals surface area contributed by atoms with Crippen molar-refractivity contribution in [3.8, 4) is 12.1 Å². The Morgan fingerprint density at radius 3 is 2.69 bits per heavy atom. The number of carbonyl (C=O) groups is 1. The minimum Gasteiger partial charge on any atom is -0.464 e. The molecule has 0 bridgehead atoms. The van der Waals surface area contributed by atoms with E-state index in [1.807, 2.05) is 36.4 Å². The Kier molecular flexibility index (Phi) is 4.82. The van der Waals surface area contributed by atoms with Gasteiger partial charge in [0.25, 0.3) is 0 Å². The van der Waals surface area contributed by atoms with Gasteiger partial charge >= 0.3 is 5.97 Å². The van der Waals surface area contributed by atoms with E-state index in [-0.39, 0.29) is 23.8 Å². The topological polar surface area (TPSA) is 99.9 Å². The van der Waals surface area contributed by atoms with Crippen molar-refractivity contribution in [3.05, 3.63) is 58.8 Å². The number of nitrogens with two attached hydrogens (primary N) is 1. The molecule has 0 aliphatic heterocycles. The van der Waals surface area contributed by atoms with Crippen molar-refractivity contribution >= 4 is 5.97 Å². The molecule has 1 aromatic rings. The summed E-state index contributed by atoms with van der Waals surface area (Å²) in [7, 11) is 0. The smallest absolute Gasteiger partial charge is 0.333 e. The zero-order chi connectivity index (χ0) is 18.7. The van der Waals surface area contributed by atoms with Gasteiger partial charge in [-0.15, -0.1) is 0 Å². The first-order valence-electron chi connectivity index (χ1n) is 8.86. The summed E-state index contributed by atoms with van der Waals surface area (Å²) in [6.07, 6.45) is 4.64. The lowest BCUT2D eigenvalue weighted by atomic mass is 9.56. The first-order valence-corrected chi connectivity index (χ1v) is 8.86. The van der Waals surface area contributed by atoms with Crippen LogP contribution in [-0.4, -0.2) is 12.6 Å². The zero-order valence-corrected chi connectivity index (χ0v) is 14.7. The molecular weight excluding hydrogens is 326 g/mol. The van der Waals surface area contributed by atoms with Gasteiger partial charge in [0, 0.05) is 5.92 Å². The Labute approximate surface area is 153 Å². The number of carbonyl (C=O) groups excluding carboxylic acids is 1. The predicted octanol–water partition coefficient (Wildman–Crippen LogP) is 3.32. The van der Waals surface area contributed by atoms with E-state index in [0.29, 0.717) is 0 Å². The molecule has 0 saturated carbocycles. The fourth-order valence-electron chi connectivity index (χ4n) is 4.28. The molecule has 2 N–H and O–H groups in total. The number of rotatable bonds is 3. The van der Waals surface area contributed by atoms with Gasteiger partial charge in [0.1, 0.15) is 6.07 Å². The Morgan fingerprint density at radius 1 is 1.35 bits per heavy atom. The summed E-state index contributed by atoms with van der Waals surface area (Å²) in [5.74, 6) is -1.26. The van der Waals surface area contributed by atoms with Gasteiger partial charge in [0.15, 0.2) is 0 Å². The molecule has 2 aliphatic carbocycles. The highest BCUT2D eigenvalue weighted by Crippen LogP contribution is 2.56. The SMILES string of the molecule is CCOC(=O)[C@@]1(C#N)C(N)=C(C#N)C2=CCCC[C@H]2[C@@H]1c1ccccc1. The van der Waals surface area contributed by atoms with Crippen LogP contribution in [0, 0.1) is 34.0 Å². The van der Waals surface area contributed by atoms with Crippen LogP contribution in [0.15, 0.2) is 53.3 Å². The molecule has 0 unspecified atom stereocenters. The van der Waals surface area contributed by atoms with E-state index in [0.717, 1.165) is 30.4 Å². The lowest BCUT2D eigenvalue weighted by Gasteiger charge is -2.45. The van der Waals surface area contributed by atoms with E-state index in [9.17, 15) is 15.3 Å². The van der Waals surface area contributed by atoms with E-state index in [1.54, 1.807) is 6.92 Å². The van der Waals surface area contributed by atoms with Gasteiger partial charge in [0.05, 0.1) is 23.9 Å². The molecule has 132 valence electrons. The van der Waals surface area contributed by atoms with Crippen LogP contribution < -0.4 is 5.73 Å². The molecule has 0 heterocycles. The van der Waals surface area contributed by atoms with Crippen molar-refractivity contribution in [1.82, 2.24) is 0 Å². The van der Waals surface area contributed by atoms with Gasteiger partial charge in [-0.05, 0) is 43.2 Å². The van der Waals surface area contributed by atoms with E-state index >= 15 is 0 Å². The molecule has 3 rings (SSSR count). The molecule has 0 saturated heterocycles. The van der Waals surface area contributed by atoms with E-state index in [4.69, 9.17) is 10.5 Å². The molecule has 0 aromatic heterocycles. The molecule has 2 aliphatic rings. The van der Waals surface area contributed by atoms with Crippen LogP contribution in [0.2, 0.25) is 0 Å². The molecule has 0 spiro atoms. The normalized spacial score (nSPS) is 27.6. The molecule has 5 nitrogen and oxygen atoms in total. The van der Waals surface area contributed by atoms with Crippen molar-refractivity contribution in [2.75, 3.05) is 6.61 Å². The highest BCUT2D eigenvalue weighted by Gasteiger charge is 2.58. The summed E-state index contributed by atoms with van der Waals surface area (Å²) >= 11 is 0. The predicted molar refractivity (Wildman–Crippen MR) is 96.1 cm³/mol. The van der Waals surface area contributed by atoms with Crippen LogP contribution >= 0.6 is 0 Å². The molecule has 26 heavy (non-hydrogen) atoms. The minimum absolute atomic E-state index is 0.0132. The minimum atomic E-state index is -1.69. The van der Waals surface area contributed by atoms with Crippen LogP contribution in [0.4, 0.5) is 0 Å². The van der Waals surface area contributed by atoms with E-state index in [2.05, 4.69) is 12.1 Å². The average Bonchev–Trinajstić information content (AvgIpc) is 2.68. The van der Waals surface area contributed by atoms with Gasteiger partial charge in [0.2, 0.25) is 5.41 Å². The molecule has 0 amide bonds. The molecule has 3 atom stereocenters. The van der Waals surface area contributed by atoms with Crippen molar-refractivity contribution in [3.63, 3.8) is 0 Å². The fraction of sp³-hybridized carbons (Fsp3) is 0.381. The van der Waals surface area contributed by atoms with Crippen molar-refractivity contribution in [1.29, 1.82) is 10.5 Å². The molecule has 0 fully saturated rings. The van der Waals surface area contributed by atoms with Crippen molar-refractivity contribution < 1.29 is 9.53 Å². The van der Waals surface area contributed by atoms with Crippen molar-refractivity contribution in [2.45, 2.75) is 32.1 Å². The van der Waals surface area contributed by atoms with Crippen LogP contribution in [-0.2, 0) is 9.53 Å². The lowest BCUT2D eigenvalue weighted by molar-refractivity contribution is -0.152. The standard InChI is InChI=1S/C21H21N3O2/c1-2-26-20(25)21(13-23)18(14-8-4-3-5-9-14)16-11-7-6-10-15(16)17(12-22)19(21)24/h3-5,8-10,16,18H,2,6-7,11,24H2,1H3/t16-,18+,21-/m1/s1. The third kappa shape index (κ3) is 2.48. The highest BCUT2D eigenvalue weighted by molar-refractivity contribution is 5.87. The monoisotopic (exact) mass is 347 g/mol. The average molecular weight is 347 g/mol. The Bertz CT molecular complexity index is 857. The summed E-state index contributed by atoms with van der Waals surface area (Å²) in [4.78, 5) is 13.0. The third-order valence-corrected chi connectivity index (χ3v) is 5.38. The zero-order valence-electron chi connectivity index (χ0n) is 14.7. The number of allylic oxidation sites excluding steroid dienone is 3. The van der Waals surface area contributed by atoms with Gasteiger partial charge in [-0.3, -0.25) is 0 Å². The summed E-state index contributed by atoms with van der Waals surface area (Å²) in [6.45, 7) is 1.84. The first-order chi connectivity index (χ1) is 12.6. The van der Waals surface area contributed by atoms with E-state index in [1.165, 1.54) is 0 Å². The summed E-state index contributed by atoms with van der Waals surface area (Å²) in [6, 6.07) is 13.8. The largest absolute Gasteiger partial charge is 0.464 e. The molecule has 5 heteroatoms. The summed E-state index contributed by atoms with van der Waals surface area (Å²) < 4.78 is 5.27. The second-order valence-electron chi connectivity index (χ2n) is 6.63. The lowest BCUT2D eigenvalue weighted by Crippen LogP contribution is -2.49. The quantitative estimate of drug-likeness (QED) is 0.845. The maximum Gasteiger partial charge on any atom is 0.333 e. The summed E-state index contributed by atoms with van der Waals surface area (Å²) in [5, 5.41) is 19.9. The summed E-state index contributed by atoms with van der Waals surface area (Å²) in [5.41, 5.74) is 6.64. The Morgan fingerprint density at radius 2 is 2.08 bits per heavy atom. The number of hydrogen-bond acceptors (Lipinski definition) is 5. The van der Waals surface area contributed by atoms with Gasteiger partial charge in [-0.2, -0.15) is 10.5 Å². The van der Waals surface area contributed by atoms with Crippen LogP contribution in [0.3, 0.4) is 0 Å². The number of esters is 1. The van der Waals surface area contributed by atoms with Crippen LogP contribution in [0.25, 0.3) is 0 Å². The Balaban J connectivity index is 2.34. The fourth-order valence-corrected chi connectivity index (χ4v) is 4.28. The van der Waals surface area contributed by atoms with Gasteiger partial charge < -0.3 is 10.5 Å². The highest BCUT2D eigenvalue weighted by atomic mass is 16.5. The van der Waals surface area contributed by atoms with Crippen LogP contribution in [0.5, 0.6) is 0 Å². The maximum absolute atomic E-state index is 13.0. The van der Waals surface area contributed by atoms with Gasteiger partial charge in [-0.25, -0.2) is 4.79 Å². The van der Waals surface area contributed by atoms with Crippen molar-refractivity contribution in [2.24, 2.45) is 17.1 Å². The Hall–Kier alpha value is -3.05. The number of nitriles is 2. The molecule has 0 radical (unpaired) electrons. The second kappa shape index (κ2) is 7.06. The number of benzene rings is 1. The third-order valence-electron chi connectivity index (χ3n) is 5.38. The number of ether oxygens (including phenoxy) is 1. The van der Waals surface area contributed by atoms with E-state index < -0.39 is 17.3 Å². The molecule has 1 aromatic carbocycles. The number of nitrogens with zero attached hydrogens (tertiary/aromatic N) is 2. The maximum atomic E-state index is 13.0. The second-order valence-corrected chi connectivity index (χ2v) is 6.63. The first kappa shape index (κ1) is 17.8. The number of hydrogen-bond donors (Lipinski definition) is 1. The van der Waals surface area contributed by atoms with Gasteiger partial charge in [-0.1, -0.05) is 36.4 Å². The van der Waals surface area contributed by atoms with Crippen LogP contribution in [0.1, 0.15) is 37.7 Å².